The average Bonchev–Trinajstić information content (AvgIpc) is 3.09. The predicted molar refractivity (Wildman–Crippen MR) is 116 cm³/mol. The first-order valence-corrected chi connectivity index (χ1v) is 8.98. The van der Waals surface area contributed by atoms with Crippen molar-refractivity contribution in [3.63, 3.8) is 0 Å². The van der Waals surface area contributed by atoms with E-state index in [-0.39, 0.29) is 34.6 Å². The summed E-state index contributed by atoms with van der Waals surface area (Å²) in [5.74, 6) is 1.53. The zero-order chi connectivity index (χ0) is 18.2. The lowest BCUT2D eigenvalue weighted by Gasteiger charge is -2.24. The van der Waals surface area contributed by atoms with Crippen LogP contribution in [0, 0.1) is 16.0 Å². The Hall–Kier alpha value is -1.42. The highest BCUT2D eigenvalue weighted by Crippen LogP contribution is 2.18. The fraction of sp³-hybridized carbons (Fsp3) is 0.611. The van der Waals surface area contributed by atoms with Crippen LogP contribution in [0.25, 0.3) is 0 Å². The van der Waals surface area contributed by atoms with Crippen LogP contribution in [0.15, 0.2) is 29.3 Å². The van der Waals surface area contributed by atoms with Crippen molar-refractivity contribution in [3.05, 3.63) is 39.9 Å². The van der Waals surface area contributed by atoms with Crippen LogP contribution in [0.1, 0.15) is 25.8 Å². The number of nitrogens with one attached hydrogen (secondary N) is 1. The van der Waals surface area contributed by atoms with Crippen molar-refractivity contribution in [2.45, 2.75) is 26.8 Å². The Bertz CT molecular complexity index is 607. The van der Waals surface area contributed by atoms with Crippen LogP contribution in [-0.2, 0) is 6.54 Å². The number of guanidine groups is 1. The predicted octanol–water partition coefficient (Wildman–Crippen LogP) is 2.95. The van der Waals surface area contributed by atoms with E-state index in [0.29, 0.717) is 12.5 Å². The summed E-state index contributed by atoms with van der Waals surface area (Å²) in [5, 5.41) is 14.2. The molecular weight excluding hydrogens is 445 g/mol. The number of halogens is 1. The molecule has 1 aromatic rings. The molecule has 1 N–H and O–H groups in total. The molecule has 146 valence electrons. The number of nitro groups is 1. The number of hydrogen-bond donors (Lipinski definition) is 1. The van der Waals surface area contributed by atoms with E-state index >= 15 is 0 Å². The van der Waals surface area contributed by atoms with Gasteiger partial charge in [0.05, 0.1) is 4.92 Å². The number of nitrogens with zero attached hydrogens (tertiary/aromatic N) is 4. The summed E-state index contributed by atoms with van der Waals surface area (Å²) in [4.78, 5) is 19.6. The molecule has 1 atom stereocenters. The molecule has 1 aliphatic heterocycles. The van der Waals surface area contributed by atoms with Crippen molar-refractivity contribution in [2.75, 3.05) is 39.8 Å². The normalized spacial score (nSPS) is 17.3. The van der Waals surface area contributed by atoms with Crippen LogP contribution < -0.4 is 5.32 Å². The summed E-state index contributed by atoms with van der Waals surface area (Å²) in [7, 11) is 1.79. The highest BCUT2D eigenvalue weighted by atomic mass is 127. The molecule has 2 rings (SSSR count). The summed E-state index contributed by atoms with van der Waals surface area (Å²) >= 11 is 0. The number of aliphatic imine (C=N–C) groups is 1. The molecule has 0 bridgehead atoms. The Morgan fingerprint density at radius 2 is 2.15 bits per heavy atom. The van der Waals surface area contributed by atoms with Gasteiger partial charge in [0, 0.05) is 45.4 Å². The van der Waals surface area contributed by atoms with E-state index in [0.717, 1.165) is 44.2 Å². The largest absolute Gasteiger partial charge is 0.352 e. The second kappa shape index (κ2) is 11.3. The summed E-state index contributed by atoms with van der Waals surface area (Å²) in [6.07, 6.45) is 1.17. The Labute approximate surface area is 173 Å². The van der Waals surface area contributed by atoms with Gasteiger partial charge in [-0.2, -0.15) is 0 Å². The first-order chi connectivity index (χ1) is 12.1. The molecule has 26 heavy (non-hydrogen) atoms. The smallest absolute Gasteiger partial charge is 0.269 e. The van der Waals surface area contributed by atoms with E-state index in [9.17, 15) is 10.1 Å². The summed E-state index contributed by atoms with van der Waals surface area (Å²) in [6.45, 7) is 10.3. The molecule has 1 unspecified atom stereocenters. The highest BCUT2D eigenvalue weighted by molar-refractivity contribution is 14.0. The minimum Gasteiger partial charge on any atom is -0.352 e. The van der Waals surface area contributed by atoms with Crippen LogP contribution in [0.4, 0.5) is 5.69 Å². The third-order valence-electron chi connectivity index (χ3n) is 4.78. The number of rotatable bonds is 7. The zero-order valence-electron chi connectivity index (χ0n) is 15.9. The fourth-order valence-corrected chi connectivity index (χ4v) is 3.31. The number of hydrogen-bond acceptors (Lipinski definition) is 4. The molecule has 0 radical (unpaired) electrons. The van der Waals surface area contributed by atoms with Crippen molar-refractivity contribution >= 4 is 35.6 Å². The van der Waals surface area contributed by atoms with Gasteiger partial charge >= 0.3 is 0 Å². The van der Waals surface area contributed by atoms with Gasteiger partial charge in [0.25, 0.3) is 5.69 Å². The van der Waals surface area contributed by atoms with Crippen LogP contribution in [-0.4, -0.2) is 60.5 Å². The first kappa shape index (κ1) is 22.6. The van der Waals surface area contributed by atoms with E-state index in [1.54, 1.807) is 19.2 Å². The fourth-order valence-electron chi connectivity index (χ4n) is 3.31. The quantitative estimate of drug-likeness (QED) is 0.216. The first-order valence-electron chi connectivity index (χ1n) is 8.98. The Morgan fingerprint density at radius 1 is 1.42 bits per heavy atom. The van der Waals surface area contributed by atoms with Gasteiger partial charge in [-0.1, -0.05) is 26.0 Å². The highest BCUT2D eigenvalue weighted by Gasteiger charge is 2.25. The summed E-state index contributed by atoms with van der Waals surface area (Å²) in [5.41, 5.74) is 1.00. The van der Waals surface area contributed by atoms with E-state index in [1.165, 1.54) is 12.5 Å². The van der Waals surface area contributed by atoms with Crippen molar-refractivity contribution in [1.29, 1.82) is 0 Å². The van der Waals surface area contributed by atoms with Crippen LogP contribution in [0.3, 0.4) is 0 Å². The van der Waals surface area contributed by atoms with E-state index in [4.69, 9.17) is 0 Å². The second-order valence-corrected chi connectivity index (χ2v) is 6.41. The van der Waals surface area contributed by atoms with Crippen molar-refractivity contribution < 1.29 is 4.92 Å². The molecule has 1 heterocycles. The van der Waals surface area contributed by atoms with E-state index < -0.39 is 0 Å². The molecular formula is C18H30IN5O2. The lowest BCUT2D eigenvalue weighted by Crippen LogP contribution is -2.40. The summed E-state index contributed by atoms with van der Waals surface area (Å²) < 4.78 is 0. The van der Waals surface area contributed by atoms with Gasteiger partial charge in [-0.3, -0.25) is 15.1 Å². The second-order valence-electron chi connectivity index (χ2n) is 6.41. The zero-order valence-corrected chi connectivity index (χ0v) is 18.2. The average molecular weight is 475 g/mol. The van der Waals surface area contributed by atoms with Gasteiger partial charge in [-0.25, -0.2) is 0 Å². The number of likely N-dealkylation sites (tertiary alicyclic amines) is 1. The van der Waals surface area contributed by atoms with Gasteiger partial charge in [0.1, 0.15) is 0 Å². The van der Waals surface area contributed by atoms with Gasteiger partial charge in [0.2, 0.25) is 0 Å². The molecule has 0 aromatic heterocycles. The van der Waals surface area contributed by atoms with E-state index in [2.05, 4.69) is 34.0 Å². The molecule has 0 amide bonds. The minimum atomic E-state index is -0.364. The third-order valence-corrected chi connectivity index (χ3v) is 4.78. The lowest BCUT2D eigenvalue weighted by molar-refractivity contribution is -0.384. The van der Waals surface area contributed by atoms with Crippen molar-refractivity contribution in [2.24, 2.45) is 10.9 Å². The maximum absolute atomic E-state index is 10.9. The van der Waals surface area contributed by atoms with Crippen molar-refractivity contribution in [3.8, 4) is 0 Å². The van der Waals surface area contributed by atoms with Gasteiger partial charge < -0.3 is 15.1 Å². The topological polar surface area (TPSA) is 74.0 Å². The van der Waals surface area contributed by atoms with Crippen LogP contribution in [0.5, 0.6) is 0 Å². The van der Waals surface area contributed by atoms with Gasteiger partial charge in [0.15, 0.2) is 5.96 Å². The van der Waals surface area contributed by atoms with E-state index in [1.807, 2.05) is 6.07 Å². The molecule has 0 saturated carbocycles. The third kappa shape index (κ3) is 6.39. The lowest BCUT2D eigenvalue weighted by atomic mass is 10.1. The Morgan fingerprint density at radius 3 is 2.77 bits per heavy atom. The maximum atomic E-state index is 10.9. The summed E-state index contributed by atoms with van der Waals surface area (Å²) in [6, 6.07) is 6.72. The molecule has 1 aliphatic rings. The molecule has 7 nitrogen and oxygen atoms in total. The monoisotopic (exact) mass is 475 g/mol. The SMILES string of the molecule is CCN(CC)CC1CCN(C(=NC)NCc2cccc([N+](=O)[O-])c2)C1.I. The van der Waals surface area contributed by atoms with Crippen molar-refractivity contribution in [1.82, 2.24) is 15.1 Å². The molecule has 1 aromatic carbocycles. The Balaban J connectivity index is 0.00000338. The molecule has 1 fully saturated rings. The number of non-ortho nitro benzene ring substituents is 1. The van der Waals surface area contributed by atoms with Crippen LogP contribution in [0.2, 0.25) is 0 Å². The standard InChI is InChI=1S/C18H29N5O2.HI/c1-4-21(5-2)13-16-9-10-22(14-16)18(19-3)20-12-15-7-6-8-17(11-15)23(24)25;/h6-8,11,16H,4-5,9-10,12-14H2,1-3H3,(H,19,20);1H. The molecule has 0 aliphatic carbocycles. The van der Waals surface area contributed by atoms with Crippen LogP contribution >= 0.6 is 24.0 Å². The minimum absolute atomic E-state index is 0. The van der Waals surface area contributed by atoms with Gasteiger partial charge in [-0.05, 0) is 31.0 Å². The van der Waals surface area contributed by atoms with Gasteiger partial charge in [-0.15, -0.1) is 24.0 Å². The number of benzene rings is 1. The molecule has 1 saturated heterocycles. The molecule has 8 heteroatoms. The number of nitro benzene ring substituents is 1. The molecule has 0 spiro atoms. The maximum Gasteiger partial charge on any atom is 0.269 e. The Kier molecular flexibility index (Phi) is 9.85.